The summed E-state index contributed by atoms with van der Waals surface area (Å²) in [7, 11) is 0. The average molecular weight is 328 g/mol. The van der Waals surface area contributed by atoms with E-state index in [-0.39, 0.29) is 6.04 Å². The van der Waals surface area contributed by atoms with Gasteiger partial charge in [0, 0.05) is 34.5 Å². The van der Waals surface area contributed by atoms with Crippen LogP contribution in [0.15, 0.2) is 41.1 Å². The van der Waals surface area contributed by atoms with Crippen molar-refractivity contribution in [2.24, 2.45) is 5.73 Å². The number of hydrogen-bond acceptors (Lipinski definition) is 1. The SMILES string of the molecule is CCC(N)c1ccn(Cc2ccc(Br)cc2Cl)c1. The summed E-state index contributed by atoms with van der Waals surface area (Å²) in [4.78, 5) is 0. The summed E-state index contributed by atoms with van der Waals surface area (Å²) in [6.07, 6.45) is 5.08. The van der Waals surface area contributed by atoms with Gasteiger partial charge in [-0.15, -0.1) is 0 Å². The van der Waals surface area contributed by atoms with Gasteiger partial charge in [0.2, 0.25) is 0 Å². The van der Waals surface area contributed by atoms with Crippen molar-refractivity contribution in [3.05, 3.63) is 57.3 Å². The summed E-state index contributed by atoms with van der Waals surface area (Å²) in [6, 6.07) is 8.14. The molecule has 1 aromatic carbocycles. The summed E-state index contributed by atoms with van der Waals surface area (Å²) in [5, 5.41) is 0.777. The van der Waals surface area contributed by atoms with Gasteiger partial charge in [0.1, 0.15) is 0 Å². The number of nitrogens with two attached hydrogens (primary N) is 1. The molecule has 96 valence electrons. The first kappa shape index (κ1) is 13.7. The first-order valence-corrected chi connectivity index (χ1v) is 7.12. The molecule has 2 rings (SSSR count). The van der Waals surface area contributed by atoms with Crippen molar-refractivity contribution in [2.75, 3.05) is 0 Å². The van der Waals surface area contributed by atoms with Crippen LogP contribution in [0.3, 0.4) is 0 Å². The molecule has 2 N–H and O–H groups in total. The van der Waals surface area contributed by atoms with Crippen molar-refractivity contribution in [1.82, 2.24) is 4.57 Å². The minimum absolute atomic E-state index is 0.117. The third-order valence-electron chi connectivity index (χ3n) is 3.01. The number of halogens is 2. The fraction of sp³-hybridized carbons (Fsp3) is 0.286. The third-order valence-corrected chi connectivity index (χ3v) is 3.85. The van der Waals surface area contributed by atoms with Gasteiger partial charge in [-0.3, -0.25) is 0 Å². The van der Waals surface area contributed by atoms with Gasteiger partial charge in [-0.25, -0.2) is 0 Å². The van der Waals surface area contributed by atoms with Gasteiger partial charge >= 0.3 is 0 Å². The summed E-state index contributed by atoms with van der Waals surface area (Å²) in [6.45, 7) is 2.86. The molecule has 0 aliphatic rings. The van der Waals surface area contributed by atoms with E-state index in [1.165, 1.54) is 5.56 Å². The van der Waals surface area contributed by atoms with E-state index in [9.17, 15) is 0 Å². The molecule has 1 aromatic heterocycles. The minimum atomic E-state index is 0.117. The maximum atomic E-state index is 6.21. The Kier molecular flexibility index (Phi) is 4.49. The number of benzene rings is 1. The zero-order chi connectivity index (χ0) is 13.1. The molecule has 0 saturated heterocycles. The van der Waals surface area contributed by atoms with Gasteiger partial charge in [0.15, 0.2) is 0 Å². The lowest BCUT2D eigenvalue weighted by Crippen LogP contribution is -2.07. The van der Waals surface area contributed by atoms with Crippen LogP contribution >= 0.6 is 27.5 Å². The Morgan fingerprint density at radius 1 is 1.39 bits per heavy atom. The predicted molar refractivity (Wildman–Crippen MR) is 79.9 cm³/mol. The Morgan fingerprint density at radius 2 is 2.17 bits per heavy atom. The normalized spacial score (nSPS) is 12.7. The smallest absolute Gasteiger partial charge is 0.0485 e. The van der Waals surface area contributed by atoms with Crippen molar-refractivity contribution in [3.8, 4) is 0 Å². The molecular formula is C14H16BrClN2. The van der Waals surface area contributed by atoms with E-state index in [0.717, 1.165) is 28.0 Å². The largest absolute Gasteiger partial charge is 0.350 e. The molecule has 0 spiro atoms. The van der Waals surface area contributed by atoms with Crippen LogP contribution in [0, 0.1) is 0 Å². The third kappa shape index (κ3) is 3.16. The van der Waals surface area contributed by atoms with Crippen molar-refractivity contribution in [2.45, 2.75) is 25.9 Å². The standard InChI is InChI=1S/C14H16BrClN2/c1-2-14(17)11-5-6-18(9-11)8-10-3-4-12(15)7-13(10)16/h3-7,9,14H,2,8,17H2,1H3. The Bertz CT molecular complexity index is 536. The van der Waals surface area contributed by atoms with E-state index < -0.39 is 0 Å². The number of hydrogen-bond donors (Lipinski definition) is 1. The van der Waals surface area contributed by atoms with Crippen LogP contribution in [0.4, 0.5) is 0 Å². The fourth-order valence-corrected chi connectivity index (χ4v) is 2.59. The Balaban J connectivity index is 2.16. The zero-order valence-electron chi connectivity index (χ0n) is 10.2. The summed E-state index contributed by atoms with van der Waals surface area (Å²) >= 11 is 9.61. The van der Waals surface area contributed by atoms with Gasteiger partial charge in [-0.2, -0.15) is 0 Å². The zero-order valence-corrected chi connectivity index (χ0v) is 12.6. The van der Waals surface area contributed by atoms with Gasteiger partial charge in [-0.05, 0) is 35.7 Å². The van der Waals surface area contributed by atoms with Gasteiger partial charge in [0.25, 0.3) is 0 Å². The summed E-state index contributed by atoms with van der Waals surface area (Å²) in [5.74, 6) is 0. The molecule has 4 heteroatoms. The first-order chi connectivity index (χ1) is 8.60. The molecule has 0 amide bonds. The molecule has 18 heavy (non-hydrogen) atoms. The van der Waals surface area contributed by atoms with Crippen LogP contribution in [0.1, 0.15) is 30.5 Å². The molecule has 0 radical (unpaired) electrons. The summed E-state index contributed by atoms with van der Waals surface area (Å²) in [5.41, 5.74) is 8.28. The molecule has 1 heterocycles. The van der Waals surface area contributed by atoms with E-state index in [1.807, 2.05) is 24.4 Å². The lowest BCUT2D eigenvalue weighted by Gasteiger charge is -2.07. The highest BCUT2D eigenvalue weighted by molar-refractivity contribution is 9.10. The van der Waals surface area contributed by atoms with Crippen LogP contribution in [0.25, 0.3) is 0 Å². The minimum Gasteiger partial charge on any atom is -0.350 e. The van der Waals surface area contributed by atoms with Crippen molar-refractivity contribution in [1.29, 1.82) is 0 Å². The molecule has 1 atom stereocenters. The molecule has 0 aliphatic heterocycles. The van der Waals surface area contributed by atoms with E-state index in [0.29, 0.717) is 0 Å². The Labute approximate surface area is 121 Å². The fourth-order valence-electron chi connectivity index (χ4n) is 1.86. The van der Waals surface area contributed by atoms with Crippen LogP contribution in [0.2, 0.25) is 5.02 Å². The van der Waals surface area contributed by atoms with Crippen LogP contribution < -0.4 is 5.73 Å². The Morgan fingerprint density at radius 3 is 2.83 bits per heavy atom. The van der Waals surface area contributed by atoms with E-state index in [2.05, 4.69) is 39.7 Å². The van der Waals surface area contributed by atoms with Crippen LogP contribution in [-0.2, 0) is 6.54 Å². The monoisotopic (exact) mass is 326 g/mol. The van der Waals surface area contributed by atoms with Gasteiger partial charge in [-0.1, -0.05) is 40.5 Å². The topological polar surface area (TPSA) is 30.9 Å². The Hall–Kier alpha value is -0.770. The molecule has 2 aromatic rings. The first-order valence-electron chi connectivity index (χ1n) is 5.95. The average Bonchev–Trinajstić information content (AvgIpc) is 2.80. The van der Waals surface area contributed by atoms with Gasteiger partial charge in [0.05, 0.1) is 0 Å². The van der Waals surface area contributed by atoms with Crippen LogP contribution in [-0.4, -0.2) is 4.57 Å². The quantitative estimate of drug-likeness (QED) is 0.888. The number of nitrogens with zero attached hydrogens (tertiary/aromatic N) is 1. The second-order valence-electron chi connectivity index (χ2n) is 4.37. The molecule has 0 aliphatic carbocycles. The molecule has 0 saturated carbocycles. The van der Waals surface area contributed by atoms with Crippen molar-refractivity contribution in [3.63, 3.8) is 0 Å². The van der Waals surface area contributed by atoms with Crippen LogP contribution in [0.5, 0.6) is 0 Å². The lowest BCUT2D eigenvalue weighted by molar-refractivity contribution is 0.693. The van der Waals surface area contributed by atoms with Crippen molar-refractivity contribution < 1.29 is 0 Å². The molecular weight excluding hydrogens is 312 g/mol. The second kappa shape index (κ2) is 5.91. The lowest BCUT2D eigenvalue weighted by atomic mass is 10.1. The maximum Gasteiger partial charge on any atom is 0.0485 e. The maximum absolute atomic E-state index is 6.21. The van der Waals surface area contributed by atoms with E-state index in [4.69, 9.17) is 17.3 Å². The second-order valence-corrected chi connectivity index (χ2v) is 5.69. The summed E-state index contributed by atoms with van der Waals surface area (Å²) < 4.78 is 3.11. The van der Waals surface area contributed by atoms with E-state index >= 15 is 0 Å². The number of aromatic nitrogens is 1. The predicted octanol–water partition coefficient (Wildman–Crippen LogP) is 4.36. The molecule has 0 fully saturated rings. The van der Waals surface area contributed by atoms with Crippen molar-refractivity contribution >= 4 is 27.5 Å². The highest BCUT2D eigenvalue weighted by Crippen LogP contribution is 2.23. The highest BCUT2D eigenvalue weighted by Gasteiger charge is 2.06. The molecule has 0 bridgehead atoms. The highest BCUT2D eigenvalue weighted by atomic mass is 79.9. The molecule has 2 nitrogen and oxygen atoms in total. The van der Waals surface area contributed by atoms with Gasteiger partial charge < -0.3 is 10.3 Å². The molecule has 1 unspecified atom stereocenters. The number of rotatable bonds is 4. The van der Waals surface area contributed by atoms with E-state index in [1.54, 1.807) is 0 Å².